The van der Waals surface area contributed by atoms with Gasteiger partial charge in [-0.2, -0.15) is 0 Å². The van der Waals surface area contributed by atoms with Gasteiger partial charge in [0, 0.05) is 18.4 Å². The van der Waals surface area contributed by atoms with E-state index in [9.17, 15) is 4.79 Å². The second-order valence-electron chi connectivity index (χ2n) is 3.99. The zero-order valence-corrected chi connectivity index (χ0v) is 12.0. The molecule has 1 unspecified atom stereocenters. The Kier molecular flexibility index (Phi) is 4.08. The van der Waals surface area contributed by atoms with Crippen LogP contribution in [0, 0.1) is 5.92 Å². The highest BCUT2D eigenvalue weighted by molar-refractivity contribution is 9.10. The Balaban J connectivity index is 2.00. The van der Waals surface area contributed by atoms with Crippen molar-refractivity contribution in [2.24, 2.45) is 5.92 Å². The van der Waals surface area contributed by atoms with Gasteiger partial charge in [-0.25, -0.2) is 0 Å². The summed E-state index contributed by atoms with van der Waals surface area (Å²) in [6.45, 7) is 1.72. The Labute approximate surface area is 111 Å². The van der Waals surface area contributed by atoms with Crippen molar-refractivity contribution in [2.45, 2.75) is 12.8 Å². The van der Waals surface area contributed by atoms with Crippen LogP contribution in [-0.2, 0) is 0 Å². The van der Waals surface area contributed by atoms with Gasteiger partial charge in [-0.15, -0.1) is 0 Å². The van der Waals surface area contributed by atoms with Crippen LogP contribution in [0.4, 0.5) is 0 Å². The minimum atomic E-state index is 0.0673. The predicted molar refractivity (Wildman–Crippen MR) is 68.8 cm³/mol. The zero-order valence-electron chi connectivity index (χ0n) is 8.79. The number of furan rings is 1. The number of likely N-dealkylation sites (tertiary alicyclic amines) is 1. The lowest BCUT2D eigenvalue weighted by Crippen LogP contribution is -2.28. The van der Waals surface area contributed by atoms with Crippen LogP contribution in [0.1, 0.15) is 23.2 Å². The normalized spacial score (nSPS) is 20.4. The van der Waals surface area contributed by atoms with Gasteiger partial charge in [-0.1, -0.05) is 15.9 Å². The summed E-state index contributed by atoms with van der Waals surface area (Å²) in [6, 6.07) is 1.71. The largest absolute Gasteiger partial charge is 0.457 e. The third-order valence-electron chi connectivity index (χ3n) is 2.94. The third-order valence-corrected chi connectivity index (χ3v) is 4.01. The van der Waals surface area contributed by atoms with Crippen molar-refractivity contribution >= 4 is 37.8 Å². The van der Waals surface area contributed by atoms with Gasteiger partial charge in [-0.05, 0) is 40.8 Å². The maximum absolute atomic E-state index is 12.1. The van der Waals surface area contributed by atoms with Crippen LogP contribution < -0.4 is 0 Å². The Morgan fingerprint density at radius 1 is 1.62 bits per heavy atom. The molecule has 2 rings (SSSR count). The molecule has 3 nitrogen and oxygen atoms in total. The molecule has 1 aliphatic heterocycles. The van der Waals surface area contributed by atoms with Crippen molar-refractivity contribution in [1.82, 2.24) is 4.90 Å². The smallest absolute Gasteiger partial charge is 0.258 e. The maximum atomic E-state index is 12.1. The minimum Gasteiger partial charge on any atom is -0.457 e. The molecular weight excluding hydrogens is 338 g/mol. The SMILES string of the molecule is O=C(c1ccoc1Br)N1CCC(CCBr)C1. The number of alkyl halides is 1. The quantitative estimate of drug-likeness (QED) is 0.784. The molecule has 5 heteroatoms. The standard InChI is InChI=1S/C11H13Br2NO2/c12-4-1-8-2-5-14(7-8)11(15)9-3-6-16-10(9)13/h3,6,8H,1-2,4-5,7H2. The molecule has 1 aromatic rings. The van der Waals surface area contributed by atoms with Crippen LogP contribution in [-0.4, -0.2) is 29.2 Å². The van der Waals surface area contributed by atoms with Crippen LogP contribution in [0.3, 0.4) is 0 Å². The van der Waals surface area contributed by atoms with Crippen molar-refractivity contribution in [3.8, 4) is 0 Å². The van der Waals surface area contributed by atoms with Gasteiger partial charge in [0.15, 0.2) is 4.67 Å². The first kappa shape index (κ1) is 12.2. The lowest BCUT2D eigenvalue weighted by atomic mass is 10.1. The first-order valence-electron chi connectivity index (χ1n) is 5.30. The highest BCUT2D eigenvalue weighted by Gasteiger charge is 2.28. The predicted octanol–water partition coefficient (Wildman–Crippen LogP) is 3.29. The van der Waals surface area contributed by atoms with E-state index in [1.54, 1.807) is 6.07 Å². The van der Waals surface area contributed by atoms with Crippen LogP contribution >= 0.6 is 31.9 Å². The highest BCUT2D eigenvalue weighted by atomic mass is 79.9. The number of amides is 1. The summed E-state index contributed by atoms with van der Waals surface area (Å²) in [4.78, 5) is 14.0. The maximum Gasteiger partial charge on any atom is 0.258 e. The average Bonchev–Trinajstić information content (AvgIpc) is 2.87. The summed E-state index contributed by atoms with van der Waals surface area (Å²) in [5, 5.41) is 1.01. The van der Waals surface area contributed by atoms with Crippen LogP contribution in [0.5, 0.6) is 0 Å². The molecule has 0 radical (unpaired) electrons. The fourth-order valence-electron chi connectivity index (χ4n) is 2.02. The summed E-state index contributed by atoms with van der Waals surface area (Å²) in [6.07, 6.45) is 3.77. The molecule has 0 saturated carbocycles. The molecule has 0 aromatic carbocycles. The van der Waals surface area contributed by atoms with E-state index < -0.39 is 0 Å². The third kappa shape index (κ3) is 2.51. The van der Waals surface area contributed by atoms with Crippen molar-refractivity contribution in [3.05, 3.63) is 22.6 Å². The van der Waals surface area contributed by atoms with E-state index in [4.69, 9.17) is 4.42 Å². The van der Waals surface area contributed by atoms with Gasteiger partial charge in [0.25, 0.3) is 5.91 Å². The van der Waals surface area contributed by atoms with Gasteiger partial charge < -0.3 is 9.32 Å². The van der Waals surface area contributed by atoms with Crippen molar-refractivity contribution in [1.29, 1.82) is 0 Å². The molecule has 88 valence electrons. The van der Waals surface area contributed by atoms with E-state index >= 15 is 0 Å². The molecule has 1 atom stereocenters. The van der Waals surface area contributed by atoms with E-state index in [-0.39, 0.29) is 5.91 Å². The molecule has 1 amide bonds. The van der Waals surface area contributed by atoms with E-state index in [0.717, 1.165) is 31.3 Å². The second-order valence-corrected chi connectivity index (χ2v) is 5.50. The van der Waals surface area contributed by atoms with E-state index in [1.807, 2.05) is 4.90 Å². The van der Waals surface area contributed by atoms with Gasteiger partial charge in [0.2, 0.25) is 0 Å². The molecule has 1 aliphatic rings. The summed E-state index contributed by atoms with van der Waals surface area (Å²) < 4.78 is 5.61. The van der Waals surface area contributed by atoms with E-state index in [0.29, 0.717) is 16.2 Å². The van der Waals surface area contributed by atoms with Gasteiger partial charge >= 0.3 is 0 Å². The fraction of sp³-hybridized carbons (Fsp3) is 0.545. The minimum absolute atomic E-state index is 0.0673. The zero-order chi connectivity index (χ0) is 11.5. The van der Waals surface area contributed by atoms with Gasteiger partial charge in [-0.3, -0.25) is 4.79 Å². The molecular formula is C11H13Br2NO2. The van der Waals surface area contributed by atoms with Crippen molar-refractivity contribution in [2.75, 3.05) is 18.4 Å². The van der Waals surface area contributed by atoms with E-state index in [2.05, 4.69) is 31.9 Å². The lowest BCUT2D eigenvalue weighted by molar-refractivity contribution is 0.0785. The number of nitrogens with zero attached hydrogens (tertiary/aromatic N) is 1. The highest BCUT2D eigenvalue weighted by Crippen LogP contribution is 2.25. The number of rotatable bonds is 3. The van der Waals surface area contributed by atoms with Crippen LogP contribution in [0.25, 0.3) is 0 Å². The molecule has 0 N–H and O–H groups in total. The Morgan fingerprint density at radius 3 is 3.06 bits per heavy atom. The van der Waals surface area contributed by atoms with Crippen LogP contribution in [0.15, 0.2) is 21.4 Å². The average molecular weight is 351 g/mol. The first-order chi connectivity index (χ1) is 7.72. The van der Waals surface area contributed by atoms with Gasteiger partial charge in [0.1, 0.15) is 0 Å². The van der Waals surface area contributed by atoms with E-state index in [1.165, 1.54) is 6.26 Å². The Morgan fingerprint density at radius 2 is 2.44 bits per heavy atom. The molecule has 1 saturated heterocycles. The molecule has 0 spiro atoms. The molecule has 16 heavy (non-hydrogen) atoms. The Hall–Kier alpha value is -0.290. The van der Waals surface area contributed by atoms with Crippen molar-refractivity contribution < 1.29 is 9.21 Å². The molecule has 2 heterocycles. The number of hydrogen-bond donors (Lipinski definition) is 0. The fourth-order valence-corrected chi connectivity index (χ4v) is 3.08. The Bertz CT molecular complexity index is 378. The second kappa shape index (κ2) is 5.36. The molecule has 0 bridgehead atoms. The summed E-state index contributed by atoms with van der Waals surface area (Å²) >= 11 is 6.68. The van der Waals surface area contributed by atoms with Crippen LogP contribution in [0.2, 0.25) is 0 Å². The molecule has 0 aliphatic carbocycles. The first-order valence-corrected chi connectivity index (χ1v) is 7.22. The van der Waals surface area contributed by atoms with Crippen molar-refractivity contribution in [3.63, 3.8) is 0 Å². The monoisotopic (exact) mass is 349 g/mol. The summed E-state index contributed by atoms with van der Waals surface area (Å²) in [7, 11) is 0. The number of halogens is 2. The van der Waals surface area contributed by atoms with Gasteiger partial charge in [0.05, 0.1) is 11.8 Å². The number of carbonyl (C=O) groups excluding carboxylic acids is 1. The number of carbonyl (C=O) groups is 1. The number of hydrogen-bond acceptors (Lipinski definition) is 2. The summed E-state index contributed by atoms with van der Waals surface area (Å²) in [5.41, 5.74) is 0.625. The lowest BCUT2D eigenvalue weighted by Gasteiger charge is -2.15. The molecule has 1 fully saturated rings. The molecule has 1 aromatic heterocycles. The summed E-state index contributed by atoms with van der Waals surface area (Å²) in [5.74, 6) is 0.701. The topological polar surface area (TPSA) is 33.5 Å².